The number of carbonyl (C=O) groups is 2. The lowest BCUT2D eigenvalue weighted by molar-refractivity contribution is -0.119. The Morgan fingerprint density at radius 1 is 1.15 bits per heavy atom. The maximum Gasteiger partial charge on any atom is 0.255 e. The van der Waals surface area contributed by atoms with Crippen LogP contribution in [-0.2, 0) is 11.2 Å². The maximum atomic E-state index is 12.7. The van der Waals surface area contributed by atoms with Gasteiger partial charge in [0, 0.05) is 58.4 Å². The Kier molecular flexibility index (Phi) is 5.78. The maximum absolute atomic E-state index is 12.7. The van der Waals surface area contributed by atoms with Gasteiger partial charge in [-0.1, -0.05) is 0 Å². The van der Waals surface area contributed by atoms with E-state index >= 15 is 0 Å². The zero-order valence-corrected chi connectivity index (χ0v) is 14.9. The molecule has 0 unspecified atom stereocenters. The molecule has 1 fully saturated rings. The van der Waals surface area contributed by atoms with Gasteiger partial charge in [0.05, 0.1) is 17.4 Å². The van der Waals surface area contributed by atoms with E-state index in [4.69, 9.17) is 0 Å². The number of pyridine rings is 2. The summed E-state index contributed by atoms with van der Waals surface area (Å²) < 4.78 is 0. The summed E-state index contributed by atoms with van der Waals surface area (Å²) >= 11 is 0. The molecule has 7 heteroatoms. The predicted molar refractivity (Wildman–Crippen MR) is 99.0 cm³/mol. The molecule has 2 amide bonds. The summed E-state index contributed by atoms with van der Waals surface area (Å²) in [5.74, 6) is -0.0348. The van der Waals surface area contributed by atoms with E-state index in [1.54, 1.807) is 34.6 Å². The van der Waals surface area contributed by atoms with Gasteiger partial charge in [0.1, 0.15) is 0 Å². The van der Waals surface area contributed by atoms with Crippen LogP contribution in [0, 0.1) is 0 Å². The van der Waals surface area contributed by atoms with Crippen LogP contribution in [0.1, 0.15) is 15.9 Å². The lowest BCUT2D eigenvalue weighted by Gasteiger charge is -2.32. The van der Waals surface area contributed by atoms with E-state index in [2.05, 4.69) is 14.9 Å². The van der Waals surface area contributed by atoms with Crippen molar-refractivity contribution in [2.24, 2.45) is 0 Å². The molecule has 1 saturated heterocycles. The quantitative estimate of drug-likeness (QED) is 0.727. The third-order valence-electron chi connectivity index (χ3n) is 4.65. The molecule has 26 heavy (non-hydrogen) atoms. The average molecular weight is 353 g/mol. The molecule has 7 nitrogen and oxygen atoms in total. The fourth-order valence-corrected chi connectivity index (χ4v) is 2.94. The minimum atomic E-state index is -0.0348. The molecule has 0 N–H and O–H groups in total. The Balaban J connectivity index is 1.62. The van der Waals surface area contributed by atoms with Crippen molar-refractivity contribution in [2.45, 2.75) is 6.42 Å². The fraction of sp³-hybridized carbons (Fsp3) is 0.368. The largest absolute Gasteiger partial charge is 0.373 e. The van der Waals surface area contributed by atoms with E-state index in [1.165, 1.54) is 5.56 Å². The summed E-state index contributed by atoms with van der Waals surface area (Å²) in [6.07, 6.45) is 8.69. The molecular weight excluding hydrogens is 330 g/mol. The van der Waals surface area contributed by atoms with E-state index in [9.17, 15) is 9.59 Å². The van der Waals surface area contributed by atoms with Gasteiger partial charge >= 0.3 is 0 Å². The monoisotopic (exact) mass is 353 g/mol. The van der Waals surface area contributed by atoms with Crippen molar-refractivity contribution in [3.63, 3.8) is 0 Å². The first-order chi connectivity index (χ1) is 12.7. The number of anilines is 1. The van der Waals surface area contributed by atoms with Crippen molar-refractivity contribution in [3.05, 3.63) is 54.1 Å². The van der Waals surface area contributed by atoms with Crippen molar-refractivity contribution in [1.82, 2.24) is 19.8 Å². The van der Waals surface area contributed by atoms with Crippen LogP contribution in [0.15, 0.2) is 43.0 Å². The van der Waals surface area contributed by atoms with Crippen LogP contribution >= 0.6 is 0 Å². The molecule has 3 heterocycles. The normalized spacial score (nSPS) is 14.2. The van der Waals surface area contributed by atoms with Gasteiger partial charge in [0.15, 0.2) is 0 Å². The van der Waals surface area contributed by atoms with Gasteiger partial charge < -0.3 is 14.7 Å². The summed E-state index contributed by atoms with van der Waals surface area (Å²) in [6, 6.07) is 5.89. The van der Waals surface area contributed by atoms with Gasteiger partial charge in [-0.25, -0.2) is 0 Å². The SMILES string of the molecule is CN(CCc1ccncc1)c1cncc(C(=O)N2CCN(C=O)CC2)c1. The number of piperazine rings is 1. The van der Waals surface area contributed by atoms with Gasteiger partial charge in [0.2, 0.25) is 6.41 Å². The van der Waals surface area contributed by atoms with Crippen molar-refractivity contribution >= 4 is 18.0 Å². The number of rotatable bonds is 6. The Bertz CT molecular complexity index is 745. The van der Waals surface area contributed by atoms with E-state index in [1.807, 2.05) is 25.2 Å². The van der Waals surface area contributed by atoms with Crippen molar-refractivity contribution in [2.75, 3.05) is 44.7 Å². The van der Waals surface area contributed by atoms with Crippen LogP contribution in [-0.4, -0.2) is 71.9 Å². The third kappa shape index (κ3) is 4.36. The standard InChI is InChI=1S/C19H23N5O2/c1-22(7-4-16-2-5-20-6-3-16)18-12-17(13-21-14-18)19(26)24-10-8-23(15-25)9-11-24/h2-3,5-6,12-15H,4,7-11H2,1H3. The molecule has 0 aromatic carbocycles. The molecule has 0 atom stereocenters. The van der Waals surface area contributed by atoms with Gasteiger partial charge in [-0.05, 0) is 30.2 Å². The van der Waals surface area contributed by atoms with Crippen LogP contribution in [0.4, 0.5) is 5.69 Å². The Morgan fingerprint density at radius 2 is 1.88 bits per heavy atom. The highest BCUT2D eigenvalue weighted by Gasteiger charge is 2.22. The van der Waals surface area contributed by atoms with Gasteiger partial charge in [-0.3, -0.25) is 19.6 Å². The zero-order chi connectivity index (χ0) is 18.4. The topological polar surface area (TPSA) is 69.6 Å². The number of hydrogen-bond acceptors (Lipinski definition) is 5. The highest BCUT2D eigenvalue weighted by atomic mass is 16.2. The molecule has 0 radical (unpaired) electrons. The smallest absolute Gasteiger partial charge is 0.255 e. The van der Waals surface area contributed by atoms with E-state index in [0.29, 0.717) is 31.7 Å². The van der Waals surface area contributed by atoms with E-state index in [0.717, 1.165) is 25.1 Å². The van der Waals surface area contributed by atoms with Crippen molar-refractivity contribution in [1.29, 1.82) is 0 Å². The zero-order valence-electron chi connectivity index (χ0n) is 14.9. The second-order valence-corrected chi connectivity index (χ2v) is 6.39. The van der Waals surface area contributed by atoms with E-state index in [-0.39, 0.29) is 5.91 Å². The molecule has 0 aliphatic carbocycles. The Morgan fingerprint density at radius 3 is 2.58 bits per heavy atom. The first-order valence-electron chi connectivity index (χ1n) is 8.71. The number of likely N-dealkylation sites (N-methyl/N-ethyl adjacent to an activating group) is 1. The molecule has 2 aromatic heterocycles. The van der Waals surface area contributed by atoms with Gasteiger partial charge in [0.25, 0.3) is 5.91 Å². The molecule has 3 rings (SSSR count). The van der Waals surface area contributed by atoms with Crippen LogP contribution in [0.3, 0.4) is 0 Å². The Hall–Kier alpha value is -2.96. The average Bonchev–Trinajstić information content (AvgIpc) is 2.72. The molecule has 1 aliphatic heterocycles. The molecule has 136 valence electrons. The molecule has 0 spiro atoms. The van der Waals surface area contributed by atoms with Gasteiger partial charge in [-0.2, -0.15) is 0 Å². The second kappa shape index (κ2) is 8.42. The number of nitrogens with zero attached hydrogens (tertiary/aromatic N) is 5. The first-order valence-corrected chi connectivity index (χ1v) is 8.71. The third-order valence-corrected chi connectivity index (χ3v) is 4.65. The highest BCUT2D eigenvalue weighted by molar-refractivity contribution is 5.94. The molecule has 0 saturated carbocycles. The minimum Gasteiger partial charge on any atom is -0.373 e. The minimum absolute atomic E-state index is 0.0348. The number of hydrogen-bond donors (Lipinski definition) is 0. The van der Waals surface area contributed by atoms with Crippen LogP contribution in [0.2, 0.25) is 0 Å². The van der Waals surface area contributed by atoms with Crippen molar-refractivity contribution in [3.8, 4) is 0 Å². The van der Waals surface area contributed by atoms with Crippen LogP contribution < -0.4 is 4.90 Å². The molecular formula is C19H23N5O2. The summed E-state index contributed by atoms with van der Waals surface area (Å²) in [6.45, 7) is 3.09. The van der Waals surface area contributed by atoms with Crippen LogP contribution in [0.25, 0.3) is 0 Å². The number of amides is 2. The number of carbonyl (C=O) groups excluding carboxylic acids is 2. The summed E-state index contributed by atoms with van der Waals surface area (Å²) in [4.78, 5) is 37.3. The lowest BCUT2D eigenvalue weighted by atomic mass is 10.1. The molecule has 1 aliphatic rings. The van der Waals surface area contributed by atoms with Crippen molar-refractivity contribution < 1.29 is 9.59 Å². The highest BCUT2D eigenvalue weighted by Crippen LogP contribution is 2.16. The number of aromatic nitrogens is 2. The molecule has 0 bridgehead atoms. The second-order valence-electron chi connectivity index (χ2n) is 6.39. The summed E-state index contributed by atoms with van der Waals surface area (Å²) in [7, 11) is 2.00. The predicted octanol–water partition coefficient (Wildman–Crippen LogP) is 1.07. The summed E-state index contributed by atoms with van der Waals surface area (Å²) in [5, 5.41) is 0. The Labute approximate surface area is 153 Å². The van der Waals surface area contributed by atoms with Crippen LogP contribution in [0.5, 0.6) is 0 Å². The fourth-order valence-electron chi connectivity index (χ4n) is 2.94. The summed E-state index contributed by atoms with van der Waals surface area (Å²) in [5.41, 5.74) is 2.72. The first kappa shape index (κ1) is 17.8. The lowest BCUT2D eigenvalue weighted by Crippen LogP contribution is -2.48. The van der Waals surface area contributed by atoms with E-state index < -0.39 is 0 Å². The van der Waals surface area contributed by atoms with Gasteiger partial charge in [-0.15, -0.1) is 0 Å². The molecule has 2 aromatic rings.